The van der Waals surface area contributed by atoms with Gasteiger partial charge < -0.3 is 5.10 Å². The summed E-state index contributed by atoms with van der Waals surface area (Å²) in [5.74, 6) is 0. The summed E-state index contributed by atoms with van der Waals surface area (Å²) < 4.78 is 0.411. The first kappa shape index (κ1) is 7.09. The second-order valence-electron chi connectivity index (χ2n) is 1.71. The zero-order valence-corrected chi connectivity index (χ0v) is 6.53. The molecule has 0 bridgehead atoms. The Kier molecular flexibility index (Phi) is 1.92. The lowest BCUT2D eigenvalue weighted by Crippen LogP contribution is -1.97. The van der Waals surface area contributed by atoms with Gasteiger partial charge in [-0.25, -0.2) is 0 Å². The quantitative estimate of drug-likeness (QED) is 0.697. The van der Waals surface area contributed by atoms with Crippen molar-refractivity contribution >= 4 is 15.9 Å². The highest BCUT2D eigenvalue weighted by Gasteiger charge is 2.03. The first-order valence-electron chi connectivity index (χ1n) is 2.57. The van der Waals surface area contributed by atoms with Crippen LogP contribution in [0.2, 0.25) is 0 Å². The third kappa shape index (κ3) is 1.11. The fourth-order valence-electron chi connectivity index (χ4n) is 0.580. The summed E-state index contributed by atoms with van der Waals surface area (Å²) in [6.45, 7) is 0. The van der Waals surface area contributed by atoms with Gasteiger partial charge in [0.25, 0.3) is 5.56 Å². The van der Waals surface area contributed by atoms with E-state index in [-0.39, 0.29) is 12.0 Å². The third-order valence-electron chi connectivity index (χ3n) is 1.05. The molecule has 0 fully saturated rings. The summed E-state index contributed by atoms with van der Waals surface area (Å²) in [4.78, 5) is 10.7. The lowest BCUT2D eigenvalue weighted by molar-refractivity contribution is 0.997. The van der Waals surface area contributed by atoms with Crippen molar-refractivity contribution in [2.45, 2.75) is 6.42 Å². The molecule has 52 valence electrons. The van der Waals surface area contributed by atoms with Crippen LogP contribution in [0.1, 0.15) is 5.69 Å². The smallest absolute Gasteiger partial charge is 0.278 e. The summed E-state index contributed by atoms with van der Waals surface area (Å²) in [5, 5.41) is 13.2. The fourth-order valence-corrected chi connectivity index (χ4v) is 0.918. The van der Waals surface area contributed by atoms with Crippen LogP contribution in [0.15, 0.2) is 9.27 Å². The van der Waals surface area contributed by atoms with Gasteiger partial charge in [-0.15, -0.1) is 0 Å². The maximum absolute atomic E-state index is 10.7. The second-order valence-corrected chi connectivity index (χ2v) is 2.50. The van der Waals surface area contributed by atoms with Crippen molar-refractivity contribution in [3.05, 3.63) is 20.5 Å². The Morgan fingerprint density at radius 2 is 2.30 bits per heavy atom. The molecule has 0 unspecified atom stereocenters. The minimum Gasteiger partial charge on any atom is -0.300 e. The summed E-state index contributed by atoms with van der Waals surface area (Å²) >= 11 is 3.03. The highest BCUT2D eigenvalue weighted by Crippen LogP contribution is 2.07. The molecule has 0 radical (unpaired) electrons. The topological polar surface area (TPSA) is 72.4 Å². The highest BCUT2D eigenvalue weighted by molar-refractivity contribution is 9.10. The number of nitrogens with one attached hydrogen (secondary N) is 2. The largest absolute Gasteiger partial charge is 0.300 e. The van der Waals surface area contributed by atoms with Crippen LogP contribution in [0.5, 0.6) is 0 Å². The predicted octanol–water partition coefficient (Wildman–Crippen LogP) is 0.532. The number of hydrogen-bond donors (Lipinski definition) is 2. The number of rotatable bonds is 1. The van der Waals surface area contributed by atoms with Crippen LogP contribution in [0.3, 0.4) is 0 Å². The van der Waals surface area contributed by atoms with Gasteiger partial charge in [-0.2, -0.15) is 5.26 Å². The Balaban J connectivity index is 3.08. The predicted molar refractivity (Wildman–Crippen MR) is 38.4 cm³/mol. The molecule has 0 atom stereocenters. The molecule has 1 heterocycles. The van der Waals surface area contributed by atoms with Crippen molar-refractivity contribution in [1.29, 1.82) is 5.26 Å². The van der Waals surface area contributed by atoms with E-state index >= 15 is 0 Å². The normalized spacial score (nSPS) is 9.20. The molecule has 2 N–H and O–H groups in total. The Bertz CT molecular complexity index is 318. The van der Waals surface area contributed by atoms with Gasteiger partial charge in [-0.1, -0.05) is 0 Å². The van der Waals surface area contributed by atoms with Gasteiger partial charge in [0.05, 0.1) is 18.2 Å². The number of hydrogen-bond acceptors (Lipinski definition) is 2. The van der Waals surface area contributed by atoms with Crippen LogP contribution < -0.4 is 5.56 Å². The maximum Gasteiger partial charge on any atom is 0.278 e. The molecular weight excluding hydrogens is 198 g/mol. The van der Waals surface area contributed by atoms with E-state index < -0.39 is 0 Å². The van der Waals surface area contributed by atoms with Crippen molar-refractivity contribution in [3.8, 4) is 6.07 Å². The minimum absolute atomic E-state index is 0.208. The average Bonchev–Trinajstić information content (AvgIpc) is 2.20. The molecule has 0 saturated carbocycles. The zero-order valence-electron chi connectivity index (χ0n) is 4.94. The standard InChI is InChI=1S/C5H4BrN3O/c6-4-3(1-2-7)8-9-5(4)10/h1H2,(H2,8,9,10). The van der Waals surface area contributed by atoms with Crippen LogP contribution in [-0.2, 0) is 6.42 Å². The Hall–Kier alpha value is -1.02. The van der Waals surface area contributed by atoms with Crippen LogP contribution >= 0.6 is 15.9 Å². The number of aromatic amines is 2. The fraction of sp³-hybridized carbons (Fsp3) is 0.200. The molecule has 1 rings (SSSR count). The Morgan fingerprint density at radius 3 is 2.70 bits per heavy atom. The second kappa shape index (κ2) is 2.71. The molecule has 10 heavy (non-hydrogen) atoms. The summed E-state index contributed by atoms with van der Waals surface area (Å²) in [7, 11) is 0. The van der Waals surface area contributed by atoms with Gasteiger partial charge in [0.15, 0.2) is 0 Å². The van der Waals surface area contributed by atoms with Crippen molar-refractivity contribution in [2.75, 3.05) is 0 Å². The summed E-state index contributed by atoms with van der Waals surface area (Å²) in [6, 6.07) is 1.92. The van der Waals surface area contributed by atoms with E-state index in [0.29, 0.717) is 10.2 Å². The van der Waals surface area contributed by atoms with Gasteiger partial charge in [0, 0.05) is 0 Å². The van der Waals surface area contributed by atoms with Crippen molar-refractivity contribution < 1.29 is 0 Å². The molecule has 0 aliphatic rings. The molecule has 0 spiro atoms. The van der Waals surface area contributed by atoms with Gasteiger partial charge in [-0.05, 0) is 15.9 Å². The van der Waals surface area contributed by atoms with E-state index in [1.54, 1.807) is 0 Å². The number of nitrogens with zero attached hydrogens (tertiary/aromatic N) is 1. The van der Waals surface area contributed by atoms with E-state index in [0.717, 1.165) is 0 Å². The third-order valence-corrected chi connectivity index (χ3v) is 1.89. The number of H-pyrrole nitrogens is 2. The minimum atomic E-state index is -0.231. The van der Waals surface area contributed by atoms with Crippen LogP contribution in [0, 0.1) is 11.3 Å². The van der Waals surface area contributed by atoms with Gasteiger partial charge >= 0.3 is 0 Å². The van der Waals surface area contributed by atoms with E-state index in [1.807, 2.05) is 6.07 Å². The molecule has 0 saturated heterocycles. The molecule has 4 nitrogen and oxygen atoms in total. The summed E-state index contributed by atoms with van der Waals surface area (Å²) in [6.07, 6.45) is 0.208. The molecule has 5 heteroatoms. The van der Waals surface area contributed by atoms with E-state index in [4.69, 9.17) is 5.26 Å². The lowest BCUT2D eigenvalue weighted by atomic mass is 10.3. The molecule has 0 aliphatic carbocycles. The molecule has 1 aromatic rings. The zero-order chi connectivity index (χ0) is 7.56. The number of aromatic nitrogens is 2. The highest BCUT2D eigenvalue weighted by atomic mass is 79.9. The Labute approximate surface area is 65.0 Å². The lowest BCUT2D eigenvalue weighted by Gasteiger charge is -1.83. The van der Waals surface area contributed by atoms with E-state index in [1.165, 1.54) is 0 Å². The maximum atomic E-state index is 10.7. The van der Waals surface area contributed by atoms with Gasteiger partial charge in [0.2, 0.25) is 0 Å². The average molecular weight is 202 g/mol. The molecule has 0 aromatic carbocycles. The SMILES string of the molecule is N#CCc1[nH][nH]c(=O)c1Br. The molecule has 1 aromatic heterocycles. The van der Waals surface area contributed by atoms with Gasteiger partial charge in [0.1, 0.15) is 4.47 Å². The number of nitriles is 1. The van der Waals surface area contributed by atoms with E-state index in [9.17, 15) is 4.79 Å². The molecule has 0 amide bonds. The monoisotopic (exact) mass is 201 g/mol. The van der Waals surface area contributed by atoms with Crippen LogP contribution in [0.25, 0.3) is 0 Å². The van der Waals surface area contributed by atoms with Crippen molar-refractivity contribution in [2.24, 2.45) is 0 Å². The van der Waals surface area contributed by atoms with Gasteiger partial charge in [-0.3, -0.25) is 9.89 Å². The van der Waals surface area contributed by atoms with Crippen LogP contribution in [0.4, 0.5) is 0 Å². The molecular formula is C5H4BrN3O. The van der Waals surface area contributed by atoms with Crippen LogP contribution in [-0.4, -0.2) is 10.2 Å². The summed E-state index contributed by atoms with van der Waals surface area (Å²) in [5.41, 5.74) is 0.359. The first-order valence-corrected chi connectivity index (χ1v) is 3.37. The van der Waals surface area contributed by atoms with Crippen molar-refractivity contribution in [1.82, 2.24) is 10.2 Å². The van der Waals surface area contributed by atoms with Crippen molar-refractivity contribution in [3.63, 3.8) is 0 Å². The number of halogens is 1. The Morgan fingerprint density at radius 1 is 1.60 bits per heavy atom. The first-order chi connectivity index (χ1) is 4.75. The molecule has 0 aliphatic heterocycles. The van der Waals surface area contributed by atoms with E-state index in [2.05, 4.69) is 26.1 Å².